The van der Waals surface area contributed by atoms with Crippen LogP contribution in [0.15, 0.2) is 97.1 Å². The minimum atomic E-state index is -1.38. The van der Waals surface area contributed by atoms with E-state index in [0.29, 0.717) is 29.7 Å². The molecule has 0 bridgehead atoms. The van der Waals surface area contributed by atoms with E-state index < -0.39 is 59.2 Å². The van der Waals surface area contributed by atoms with Crippen molar-refractivity contribution in [3.05, 3.63) is 125 Å². The fourth-order valence-corrected chi connectivity index (χ4v) is 5.78. The Morgan fingerprint density at radius 3 is 1.84 bits per heavy atom. The summed E-state index contributed by atoms with van der Waals surface area (Å²) in [4.78, 5) is 66.4. The highest BCUT2D eigenvalue weighted by Gasteiger charge is 2.32. The van der Waals surface area contributed by atoms with Gasteiger partial charge < -0.3 is 33.7 Å². The molecule has 0 aliphatic rings. The Balaban J connectivity index is 1.60. The van der Waals surface area contributed by atoms with Gasteiger partial charge in [0.1, 0.15) is 36.1 Å². The van der Waals surface area contributed by atoms with Gasteiger partial charge in [-0.3, -0.25) is 14.9 Å². The molecule has 0 spiro atoms. The van der Waals surface area contributed by atoms with Gasteiger partial charge in [-0.25, -0.2) is 14.4 Å². The van der Waals surface area contributed by atoms with Crippen molar-refractivity contribution in [3.63, 3.8) is 0 Å². The van der Waals surface area contributed by atoms with Gasteiger partial charge in [-0.1, -0.05) is 66.7 Å². The third-order valence-corrected chi connectivity index (χ3v) is 8.27. The SMILES string of the molecule is CC(C)(C)OC(=O)C[C@H](NC(=O)c1cccc(OCc2ccccc2)c1OCCCc1cc(NC(=O)OC(C)(C)C)ccc1C(=O)OCc1ccccc1)C(=O)OC(C)(C)C. The summed E-state index contributed by atoms with van der Waals surface area (Å²) in [6, 6.07) is 27.0. The van der Waals surface area contributed by atoms with Crippen LogP contribution in [0.2, 0.25) is 0 Å². The van der Waals surface area contributed by atoms with Gasteiger partial charge in [-0.05, 0) is 122 Å². The first-order chi connectivity index (χ1) is 28.7. The quantitative estimate of drug-likeness (QED) is 0.0592. The first-order valence-electron chi connectivity index (χ1n) is 20.2. The third-order valence-electron chi connectivity index (χ3n) is 8.27. The Kier molecular flexibility index (Phi) is 16.5. The summed E-state index contributed by atoms with van der Waals surface area (Å²) in [5.74, 6) is -2.43. The van der Waals surface area contributed by atoms with Gasteiger partial charge in [0.2, 0.25) is 0 Å². The molecule has 0 unspecified atom stereocenters. The Morgan fingerprint density at radius 2 is 1.23 bits per heavy atom. The van der Waals surface area contributed by atoms with Crippen molar-refractivity contribution < 1.29 is 52.4 Å². The van der Waals surface area contributed by atoms with Gasteiger partial charge >= 0.3 is 24.0 Å². The zero-order chi connectivity index (χ0) is 44.8. The molecule has 4 aromatic carbocycles. The standard InChI is InChI=1S/C48H58N2O11/c1-46(2,3)59-40(51)29-38(44(54)60-47(4,5)6)50-42(52)37-23-16-24-39(57-30-32-18-12-10-13-19-32)41(37)56-27-17-22-34-28-35(49-45(55)61-48(7,8)9)25-26-36(34)43(53)58-31-33-20-14-11-15-21-33/h10-16,18-21,23-26,28,38H,17,22,27,29-31H2,1-9H3,(H,49,55)(H,50,52)/t38-/m0/s1. The Labute approximate surface area is 358 Å². The summed E-state index contributed by atoms with van der Waals surface area (Å²) in [5.41, 5.74) is 0.561. The molecule has 0 radical (unpaired) electrons. The number of anilines is 1. The van der Waals surface area contributed by atoms with Crippen LogP contribution >= 0.6 is 0 Å². The van der Waals surface area contributed by atoms with Gasteiger partial charge in [0.05, 0.1) is 24.2 Å². The van der Waals surface area contributed by atoms with Crippen molar-refractivity contribution in [1.82, 2.24) is 5.32 Å². The van der Waals surface area contributed by atoms with Crippen molar-refractivity contribution in [2.75, 3.05) is 11.9 Å². The van der Waals surface area contributed by atoms with Crippen LogP contribution in [0.3, 0.4) is 0 Å². The molecular weight excluding hydrogens is 781 g/mol. The molecule has 326 valence electrons. The largest absolute Gasteiger partial charge is 0.489 e. The lowest BCUT2D eigenvalue weighted by atomic mass is 10.0. The Hall–Kier alpha value is -6.37. The van der Waals surface area contributed by atoms with E-state index in [2.05, 4.69) is 10.6 Å². The van der Waals surface area contributed by atoms with Gasteiger partial charge in [0.15, 0.2) is 11.5 Å². The van der Waals surface area contributed by atoms with Crippen LogP contribution in [-0.4, -0.2) is 59.4 Å². The molecule has 13 heteroatoms. The topological polar surface area (TPSA) is 165 Å². The molecule has 13 nitrogen and oxygen atoms in total. The maximum Gasteiger partial charge on any atom is 0.412 e. The van der Waals surface area contributed by atoms with E-state index in [-0.39, 0.29) is 36.9 Å². The van der Waals surface area contributed by atoms with Crippen molar-refractivity contribution in [3.8, 4) is 11.5 Å². The highest BCUT2D eigenvalue weighted by molar-refractivity contribution is 6.00. The summed E-state index contributed by atoms with van der Waals surface area (Å²) < 4.78 is 34.6. The molecule has 0 saturated heterocycles. The van der Waals surface area contributed by atoms with E-state index in [1.165, 1.54) is 6.07 Å². The smallest absolute Gasteiger partial charge is 0.412 e. The lowest BCUT2D eigenvalue weighted by molar-refractivity contribution is -0.164. The number of para-hydroxylation sites is 1. The van der Waals surface area contributed by atoms with Crippen LogP contribution in [0.25, 0.3) is 0 Å². The minimum absolute atomic E-state index is 0.0389. The first-order valence-corrected chi connectivity index (χ1v) is 20.2. The average Bonchev–Trinajstić information content (AvgIpc) is 3.16. The van der Waals surface area contributed by atoms with Gasteiger partial charge in [0, 0.05) is 5.69 Å². The third kappa shape index (κ3) is 16.7. The molecule has 2 amide bonds. The van der Waals surface area contributed by atoms with Crippen molar-refractivity contribution in [2.24, 2.45) is 0 Å². The summed E-state index contributed by atoms with van der Waals surface area (Å²) in [6.45, 7) is 15.7. The van der Waals surface area contributed by atoms with Crippen molar-refractivity contribution >= 4 is 35.6 Å². The fourth-order valence-electron chi connectivity index (χ4n) is 5.78. The Morgan fingerprint density at radius 1 is 0.623 bits per heavy atom. The molecule has 4 rings (SSSR count). The number of hydrogen-bond donors (Lipinski definition) is 2. The number of benzene rings is 4. The van der Waals surface area contributed by atoms with E-state index in [0.717, 1.165) is 11.1 Å². The summed E-state index contributed by atoms with van der Waals surface area (Å²) in [6.07, 6.45) is -0.498. The normalized spacial score (nSPS) is 12.0. The summed E-state index contributed by atoms with van der Waals surface area (Å²) in [7, 11) is 0. The highest BCUT2D eigenvalue weighted by Crippen LogP contribution is 2.33. The van der Waals surface area contributed by atoms with Crippen molar-refractivity contribution in [1.29, 1.82) is 0 Å². The molecule has 0 heterocycles. The second kappa shape index (κ2) is 21.2. The Bertz CT molecular complexity index is 2120. The van der Waals surface area contributed by atoms with Gasteiger partial charge in [-0.15, -0.1) is 0 Å². The number of carbonyl (C=O) groups excluding carboxylic acids is 5. The molecule has 4 aromatic rings. The predicted octanol–water partition coefficient (Wildman–Crippen LogP) is 9.15. The van der Waals surface area contributed by atoms with Crippen LogP contribution < -0.4 is 20.1 Å². The van der Waals surface area contributed by atoms with Crippen LogP contribution in [0.4, 0.5) is 10.5 Å². The van der Waals surface area contributed by atoms with E-state index in [1.807, 2.05) is 60.7 Å². The molecule has 2 N–H and O–H groups in total. The molecule has 1 atom stereocenters. The monoisotopic (exact) mass is 838 g/mol. The van der Waals surface area contributed by atoms with E-state index in [9.17, 15) is 24.0 Å². The number of nitrogens with one attached hydrogen (secondary N) is 2. The fraction of sp³-hybridized carbons (Fsp3) is 0.396. The van der Waals surface area contributed by atoms with E-state index in [1.54, 1.807) is 92.6 Å². The maximum absolute atomic E-state index is 14.1. The average molecular weight is 839 g/mol. The summed E-state index contributed by atoms with van der Waals surface area (Å²) in [5, 5.41) is 5.39. The molecule has 61 heavy (non-hydrogen) atoms. The predicted molar refractivity (Wildman–Crippen MR) is 230 cm³/mol. The minimum Gasteiger partial charge on any atom is -0.489 e. The molecule has 0 aliphatic heterocycles. The first kappa shape index (κ1) is 47.3. The van der Waals surface area contributed by atoms with Crippen LogP contribution in [0.5, 0.6) is 11.5 Å². The molecule has 0 fully saturated rings. The van der Waals surface area contributed by atoms with Gasteiger partial charge in [0.25, 0.3) is 5.91 Å². The second-order valence-corrected chi connectivity index (χ2v) is 17.3. The van der Waals surface area contributed by atoms with E-state index >= 15 is 0 Å². The maximum atomic E-state index is 14.1. The number of aryl methyl sites for hydroxylation is 1. The van der Waals surface area contributed by atoms with Crippen LogP contribution in [0, 0.1) is 0 Å². The van der Waals surface area contributed by atoms with Crippen LogP contribution in [-0.2, 0) is 48.2 Å². The number of amides is 2. The number of esters is 3. The molecular formula is C48H58N2O11. The molecule has 0 saturated carbocycles. The zero-order valence-electron chi connectivity index (χ0n) is 36.5. The molecule has 0 aromatic heterocycles. The van der Waals surface area contributed by atoms with Gasteiger partial charge in [-0.2, -0.15) is 0 Å². The number of rotatable bonds is 17. The second-order valence-electron chi connectivity index (χ2n) is 17.3. The number of carbonyl (C=O) groups is 5. The highest BCUT2D eigenvalue weighted by atomic mass is 16.6. The lowest BCUT2D eigenvalue weighted by Crippen LogP contribution is -2.46. The zero-order valence-corrected chi connectivity index (χ0v) is 36.5. The van der Waals surface area contributed by atoms with Crippen molar-refractivity contribution in [2.45, 2.75) is 118 Å². The number of hydrogen-bond acceptors (Lipinski definition) is 11. The number of ether oxygens (including phenoxy) is 6. The summed E-state index contributed by atoms with van der Waals surface area (Å²) >= 11 is 0. The molecule has 0 aliphatic carbocycles. The van der Waals surface area contributed by atoms with E-state index in [4.69, 9.17) is 28.4 Å². The van der Waals surface area contributed by atoms with Crippen LogP contribution in [0.1, 0.15) is 113 Å². The lowest BCUT2D eigenvalue weighted by Gasteiger charge is -2.26.